The first-order valence-electron chi connectivity index (χ1n) is 7.10. The minimum atomic E-state index is -0.293. The van der Waals surface area contributed by atoms with Gasteiger partial charge in [0.05, 0.1) is 20.8 Å². The normalized spacial score (nSPS) is 11.2. The van der Waals surface area contributed by atoms with Crippen LogP contribution < -0.4 is 5.32 Å². The number of carbonyl (C=O) groups is 1. The van der Waals surface area contributed by atoms with Crippen molar-refractivity contribution in [3.63, 3.8) is 0 Å². The van der Waals surface area contributed by atoms with Gasteiger partial charge in [-0.25, -0.2) is 0 Å². The van der Waals surface area contributed by atoms with E-state index in [1.54, 1.807) is 6.08 Å². The van der Waals surface area contributed by atoms with Crippen LogP contribution in [0.15, 0.2) is 42.5 Å². The lowest BCUT2D eigenvalue weighted by atomic mass is 10.0. The SMILES string of the molecule is CC(C)c1ccc(/C=C/C(=O)Nc2cc(Cl)c(Cl)cc2Cl)cc1. The summed E-state index contributed by atoms with van der Waals surface area (Å²) in [6, 6.07) is 11.1. The molecule has 0 saturated carbocycles. The van der Waals surface area contributed by atoms with Gasteiger partial charge >= 0.3 is 0 Å². The molecule has 0 radical (unpaired) electrons. The molecule has 2 rings (SSSR count). The van der Waals surface area contributed by atoms with E-state index in [-0.39, 0.29) is 5.91 Å². The molecule has 2 aromatic carbocycles. The summed E-state index contributed by atoms with van der Waals surface area (Å²) < 4.78 is 0. The highest BCUT2D eigenvalue weighted by Crippen LogP contribution is 2.32. The zero-order valence-corrected chi connectivity index (χ0v) is 15.0. The largest absolute Gasteiger partial charge is 0.321 e. The van der Waals surface area contributed by atoms with Crippen molar-refractivity contribution in [2.75, 3.05) is 5.32 Å². The topological polar surface area (TPSA) is 29.1 Å². The Morgan fingerprint density at radius 2 is 1.61 bits per heavy atom. The number of benzene rings is 2. The van der Waals surface area contributed by atoms with Gasteiger partial charge in [0.1, 0.15) is 0 Å². The molecular formula is C18H16Cl3NO. The number of hydrogen-bond donors (Lipinski definition) is 1. The summed E-state index contributed by atoms with van der Waals surface area (Å²) in [6.07, 6.45) is 3.19. The van der Waals surface area contributed by atoms with Crippen molar-refractivity contribution in [2.24, 2.45) is 0 Å². The molecule has 1 N–H and O–H groups in total. The first kappa shape index (κ1) is 17.9. The van der Waals surface area contributed by atoms with E-state index in [4.69, 9.17) is 34.8 Å². The van der Waals surface area contributed by atoms with Crippen LogP contribution in [0.25, 0.3) is 6.08 Å². The fourth-order valence-electron chi connectivity index (χ4n) is 1.96. The number of rotatable bonds is 4. The second-order valence-electron chi connectivity index (χ2n) is 5.39. The van der Waals surface area contributed by atoms with E-state index >= 15 is 0 Å². The summed E-state index contributed by atoms with van der Waals surface area (Å²) in [5.74, 6) is 0.186. The van der Waals surface area contributed by atoms with Gasteiger partial charge in [0.2, 0.25) is 5.91 Å². The Morgan fingerprint density at radius 1 is 1.00 bits per heavy atom. The molecule has 0 heterocycles. The first-order valence-corrected chi connectivity index (χ1v) is 8.24. The number of anilines is 1. The van der Waals surface area contributed by atoms with Crippen LogP contribution in [0.1, 0.15) is 30.9 Å². The molecule has 0 aliphatic heterocycles. The van der Waals surface area contributed by atoms with Crippen LogP contribution in [0.5, 0.6) is 0 Å². The van der Waals surface area contributed by atoms with Crippen LogP contribution in [0.3, 0.4) is 0 Å². The molecule has 0 aliphatic carbocycles. The van der Waals surface area contributed by atoms with E-state index in [2.05, 4.69) is 31.3 Å². The van der Waals surface area contributed by atoms with Gasteiger partial charge in [-0.2, -0.15) is 0 Å². The van der Waals surface area contributed by atoms with Gasteiger partial charge in [0, 0.05) is 6.08 Å². The number of halogens is 3. The van der Waals surface area contributed by atoms with E-state index in [0.29, 0.717) is 26.7 Å². The van der Waals surface area contributed by atoms with E-state index in [1.165, 1.54) is 23.8 Å². The highest BCUT2D eigenvalue weighted by molar-refractivity contribution is 6.44. The van der Waals surface area contributed by atoms with Gasteiger partial charge in [-0.15, -0.1) is 0 Å². The van der Waals surface area contributed by atoms with E-state index < -0.39 is 0 Å². The van der Waals surface area contributed by atoms with E-state index in [1.807, 2.05) is 12.1 Å². The third-order valence-corrected chi connectivity index (χ3v) is 4.33. The van der Waals surface area contributed by atoms with Crippen LogP contribution >= 0.6 is 34.8 Å². The Bertz CT molecular complexity index is 737. The van der Waals surface area contributed by atoms with Gasteiger partial charge in [-0.3, -0.25) is 4.79 Å². The standard InChI is InChI=1S/C18H16Cl3NO/c1-11(2)13-6-3-12(4-7-13)5-8-18(23)22-17-10-15(20)14(19)9-16(17)21/h3-11H,1-2H3,(H,22,23)/b8-5+. The highest BCUT2D eigenvalue weighted by atomic mass is 35.5. The van der Waals surface area contributed by atoms with Crippen LogP contribution in [0, 0.1) is 0 Å². The lowest BCUT2D eigenvalue weighted by molar-refractivity contribution is -0.111. The summed E-state index contributed by atoms with van der Waals surface area (Å²) in [7, 11) is 0. The average molecular weight is 369 g/mol. The predicted molar refractivity (Wildman–Crippen MR) is 99.7 cm³/mol. The van der Waals surface area contributed by atoms with Crippen LogP contribution in [-0.2, 0) is 4.79 Å². The summed E-state index contributed by atoms with van der Waals surface area (Å²) in [5.41, 5.74) is 2.63. The van der Waals surface area contributed by atoms with Crippen LogP contribution in [0.4, 0.5) is 5.69 Å². The molecule has 0 aromatic heterocycles. The van der Waals surface area contributed by atoms with Gasteiger partial charge in [0.15, 0.2) is 0 Å². The number of amides is 1. The van der Waals surface area contributed by atoms with Crippen molar-refractivity contribution in [2.45, 2.75) is 19.8 Å². The second kappa shape index (κ2) is 7.87. The molecule has 2 aromatic rings. The maximum Gasteiger partial charge on any atom is 0.248 e. The Kier molecular flexibility index (Phi) is 6.11. The lowest BCUT2D eigenvalue weighted by Crippen LogP contribution is -2.08. The van der Waals surface area contributed by atoms with Gasteiger partial charge in [0.25, 0.3) is 0 Å². The Hall–Kier alpha value is -1.48. The fraction of sp³-hybridized carbons (Fsp3) is 0.167. The molecule has 0 atom stereocenters. The smallest absolute Gasteiger partial charge is 0.248 e. The van der Waals surface area contributed by atoms with Crippen LogP contribution in [0.2, 0.25) is 15.1 Å². The lowest BCUT2D eigenvalue weighted by Gasteiger charge is -2.07. The molecule has 0 saturated heterocycles. The van der Waals surface area contributed by atoms with Gasteiger partial charge in [-0.1, -0.05) is 72.9 Å². The summed E-state index contributed by atoms with van der Waals surface area (Å²) in [6.45, 7) is 4.28. The summed E-state index contributed by atoms with van der Waals surface area (Å²) >= 11 is 17.8. The third kappa shape index (κ3) is 5.00. The predicted octanol–water partition coefficient (Wildman–Crippen LogP) is 6.42. The zero-order valence-electron chi connectivity index (χ0n) is 12.7. The molecule has 0 fully saturated rings. The third-order valence-electron chi connectivity index (χ3n) is 3.30. The molecule has 0 bridgehead atoms. The van der Waals surface area contributed by atoms with Crippen molar-refractivity contribution in [1.29, 1.82) is 0 Å². The van der Waals surface area contributed by atoms with Crippen molar-refractivity contribution in [1.82, 2.24) is 0 Å². The average Bonchev–Trinajstić information content (AvgIpc) is 2.51. The minimum absolute atomic E-state index is 0.293. The Labute approximate surface area is 151 Å². The fourth-order valence-corrected chi connectivity index (χ4v) is 2.55. The molecule has 1 amide bonds. The summed E-state index contributed by atoms with van der Waals surface area (Å²) in [4.78, 5) is 12.0. The van der Waals surface area contributed by atoms with Crippen molar-refractivity contribution in [3.05, 3.63) is 68.7 Å². The highest BCUT2D eigenvalue weighted by Gasteiger charge is 2.07. The molecule has 0 spiro atoms. The molecule has 5 heteroatoms. The van der Waals surface area contributed by atoms with E-state index in [9.17, 15) is 4.79 Å². The number of carbonyl (C=O) groups excluding carboxylic acids is 1. The molecule has 0 aliphatic rings. The Balaban J connectivity index is 2.06. The monoisotopic (exact) mass is 367 g/mol. The molecular weight excluding hydrogens is 353 g/mol. The van der Waals surface area contributed by atoms with E-state index in [0.717, 1.165) is 5.56 Å². The maximum absolute atomic E-state index is 12.0. The first-order chi connectivity index (χ1) is 10.9. The minimum Gasteiger partial charge on any atom is -0.321 e. The number of hydrogen-bond acceptors (Lipinski definition) is 1. The molecule has 2 nitrogen and oxygen atoms in total. The maximum atomic E-state index is 12.0. The molecule has 120 valence electrons. The van der Waals surface area contributed by atoms with Gasteiger partial charge < -0.3 is 5.32 Å². The van der Waals surface area contributed by atoms with Crippen LogP contribution in [-0.4, -0.2) is 5.91 Å². The van der Waals surface area contributed by atoms with Gasteiger partial charge in [-0.05, 0) is 35.3 Å². The quantitative estimate of drug-likeness (QED) is 0.489. The Morgan fingerprint density at radius 3 is 2.22 bits per heavy atom. The summed E-state index contributed by atoms with van der Waals surface area (Å²) in [5, 5.41) is 3.69. The second-order valence-corrected chi connectivity index (χ2v) is 6.61. The number of nitrogens with one attached hydrogen (secondary N) is 1. The molecule has 23 heavy (non-hydrogen) atoms. The molecule has 0 unspecified atom stereocenters. The van der Waals surface area contributed by atoms with Crippen molar-refractivity contribution in [3.8, 4) is 0 Å². The van der Waals surface area contributed by atoms with Crippen molar-refractivity contribution < 1.29 is 4.79 Å². The zero-order chi connectivity index (χ0) is 17.0. The van der Waals surface area contributed by atoms with Crippen molar-refractivity contribution >= 4 is 52.5 Å².